The third-order valence-corrected chi connectivity index (χ3v) is 8.09. The van der Waals surface area contributed by atoms with E-state index in [1.54, 1.807) is 29.7 Å². The molecule has 5 rings (SSSR count). The number of nitrogens with zero attached hydrogens (tertiary/aromatic N) is 2. The van der Waals surface area contributed by atoms with E-state index in [2.05, 4.69) is 67.4 Å². The molecule has 0 saturated heterocycles. The summed E-state index contributed by atoms with van der Waals surface area (Å²) in [6, 6.07) is 24.0. The molecule has 2 heterocycles. The molecule has 3 aromatic carbocycles. The summed E-state index contributed by atoms with van der Waals surface area (Å²) in [6.07, 6.45) is 6.95. The minimum absolute atomic E-state index is 0.302. The van der Waals surface area contributed by atoms with E-state index in [1.807, 2.05) is 29.8 Å². The molecule has 0 amide bonds. The fourth-order valence-corrected chi connectivity index (χ4v) is 5.54. The van der Waals surface area contributed by atoms with Crippen LogP contribution in [0.15, 0.2) is 95.5 Å². The number of hydrogen-bond acceptors (Lipinski definition) is 5. The van der Waals surface area contributed by atoms with Gasteiger partial charge in [-0.2, -0.15) is 0 Å². The third-order valence-electron chi connectivity index (χ3n) is 6.16. The van der Waals surface area contributed by atoms with Crippen molar-refractivity contribution in [1.82, 2.24) is 9.97 Å². The summed E-state index contributed by atoms with van der Waals surface area (Å²) >= 11 is 1.55. The summed E-state index contributed by atoms with van der Waals surface area (Å²) in [4.78, 5) is 9.53. The van der Waals surface area contributed by atoms with Crippen LogP contribution in [-0.2, 0) is 9.84 Å². The molecule has 0 fully saturated rings. The Labute approximate surface area is 215 Å². The summed E-state index contributed by atoms with van der Waals surface area (Å²) in [7, 11) is -3.26. The number of fused-ring (bicyclic) bond motifs is 1. The number of pyridine rings is 1. The van der Waals surface area contributed by atoms with Crippen molar-refractivity contribution in [3.8, 4) is 11.1 Å². The molecule has 0 aliphatic carbocycles. The van der Waals surface area contributed by atoms with E-state index in [-0.39, 0.29) is 0 Å². The van der Waals surface area contributed by atoms with Crippen molar-refractivity contribution in [2.45, 2.75) is 24.7 Å². The quantitative estimate of drug-likeness (QED) is 0.222. The molecule has 5 aromatic rings. The Balaban J connectivity index is 1.63. The van der Waals surface area contributed by atoms with Gasteiger partial charge in [0.15, 0.2) is 9.84 Å². The first-order chi connectivity index (χ1) is 17.3. The van der Waals surface area contributed by atoms with Gasteiger partial charge < -0.3 is 0 Å². The number of hydrogen-bond donors (Lipinski definition) is 0. The molecule has 2 aromatic heterocycles. The van der Waals surface area contributed by atoms with Gasteiger partial charge in [-0.3, -0.25) is 4.98 Å². The first-order valence-electron chi connectivity index (χ1n) is 11.7. The Morgan fingerprint density at radius 2 is 1.72 bits per heavy atom. The number of sulfone groups is 1. The Bertz CT molecular complexity index is 1670. The Morgan fingerprint density at radius 3 is 2.42 bits per heavy atom. The molecular weight excluding hydrogens is 484 g/mol. The summed E-state index contributed by atoms with van der Waals surface area (Å²) in [5.41, 5.74) is 7.36. The van der Waals surface area contributed by atoms with Crippen molar-refractivity contribution in [3.63, 3.8) is 0 Å². The Morgan fingerprint density at radius 1 is 0.917 bits per heavy atom. The van der Waals surface area contributed by atoms with Crippen molar-refractivity contribution >= 4 is 43.7 Å². The highest BCUT2D eigenvalue weighted by molar-refractivity contribution is 7.90. The average molecular weight is 511 g/mol. The molecule has 0 N–H and O–H groups in total. The molecule has 0 saturated carbocycles. The molecule has 0 spiro atoms. The van der Waals surface area contributed by atoms with Crippen LogP contribution in [0, 0.1) is 0 Å². The third kappa shape index (κ3) is 5.01. The van der Waals surface area contributed by atoms with E-state index >= 15 is 0 Å². The van der Waals surface area contributed by atoms with Gasteiger partial charge in [-0.15, -0.1) is 11.3 Å². The Hall–Kier alpha value is -3.61. The van der Waals surface area contributed by atoms with Crippen LogP contribution in [0.3, 0.4) is 0 Å². The van der Waals surface area contributed by atoms with Crippen molar-refractivity contribution < 1.29 is 8.42 Å². The van der Waals surface area contributed by atoms with Gasteiger partial charge in [-0.05, 0) is 70.6 Å². The van der Waals surface area contributed by atoms with Gasteiger partial charge in [0.1, 0.15) is 5.01 Å². The summed E-state index contributed by atoms with van der Waals surface area (Å²) in [5.74, 6) is 0.405. The van der Waals surface area contributed by atoms with Gasteiger partial charge in [-0.25, -0.2) is 13.4 Å². The molecule has 0 unspecified atom stereocenters. The SMILES string of the molecule is CC(C)c1cc(-c2cccc(/C=C(/c3ccc(S(C)(=O)=O)cc3)c3nccs3)c2)c2ncccc2c1. The average Bonchev–Trinajstić information content (AvgIpc) is 3.41. The summed E-state index contributed by atoms with van der Waals surface area (Å²) in [6.45, 7) is 4.41. The first-order valence-corrected chi connectivity index (χ1v) is 14.5. The van der Waals surface area contributed by atoms with Gasteiger partial charge in [-0.1, -0.05) is 50.2 Å². The van der Waals surface area contributed by atoms with E-state index in [0.29, 0.717) is 10.8 Å². The number of aromatic nitrogens is 2. The highest BCUT2D eigenvalue weighted by Gasteiger charge is 2.13. The van der Waals surface area contributed by atoms with Crippen LogP contribution in [0.2, 0.25) is 0 Å². The lowest BCUT2D eigenvalue weighted by molar-refractivity contribution is 0.602. The van der Waals surface area contributed by atoms with E-state index in [0.717, 1.165) is 43.7 Å². The van der Waals surface area contributed by atoms with Crippen LogP contribution in [0.25, 0.3) is 33.7 Å². The molecule has 6 heteroatoms. The zero-order valence-corrected chi connectivity index (χ0v) is 22.0. The molecule has 0 aliphatic rings. The number of benzene rings is 3. The monoisotopic (exact) mass is 510 g/mol. The van der Waals surface area contributed by atoms with Gasteiger partial charge in [0.25, 0.3) is 0 Å². The lowest BCUT2D eigenvalue weighted by Gasteiger charge is -2.13. The molecule has 180 valence electrons. The number of rotatable bonds is 6. The van der Waals surface area contributed by atoms with E-state index in [1.165, 1.54) is 11.8 Å². The molecule has 36 heavy (non-hydrogen) atoms. The van der Waals surface area contributed by atoms with E-state index in [4.69, 9.17) is 4.98 Å². The van der Waals surface area contributed by atoms with Gasteiger partial charge in [0.05, 0.1) is 10.4 Å². The second kappa shape index (κ2) is 9.80. The number of thiazole rings is 1. The Kier molecular flexibility index (Phi) is 6.56. The van der Waals surface area contributed by atoms with E-state index < -0.39 is 9.84 Å². The van der Waals surface area contributed by atoms with Crippen LogP contribution in [0.1, 0.15) is 41.5 Å². The molecular formula is C30H26N2O2S2. The predicted molar refractivity (Wildman–Crippen MR) is 150 cm³/mol. The summed E-state index contributed by atoms with van der Waals surface area (Å²) in [5, 5.41) is 3.95. The van der Waals surface area contributed by atoms with Gasteiger partial charge in [0.2, 0.25) is 0 Å². The lowest BCUT2D eigenvalue weighted by Crippen LogP contribution is -1.97. The summed E-state index contributed by atoms with van der Waals surface area (Å²) < 4.78 is 23.9. The zero-order chi connectivity index (χ0) is 25.3. The maximum atomic E-state index is 11.9. The second-order valence-corrected chi connectivity index (χ2v) is 12.0. The topological polar surface area (TPSA) is 59.9 Å². The molecule has 0 aliphatic heterocycles. The van der Waals surface area contributed by atoms with Crippen molar-refractivity contribution in [3.05, 3.63) is 112 Å². The smallest absolute Gasteiger partial charge is 0.175 e. The van der Waals surface area contributed by atoms with E-state index in [9.17, 15) is 8.42 Å². The lowest BCUT2D eigenvalue weighted by atomic mass is 9.93. The maximum Gasteiger partial charge on any atom is 0.175 e. The zero-order valence-electron chi connectivity index (χ0n) is 20.3. The van der Waals surface area contributed by atoms with Crippen LogP contribution in [0.4, 0.5) is 0 Å². The van der Waals surface area contributed by atoms with Crippen LogP contribution in [-0.4, -0.2) is 24.6 Å². The fourth-order valence-electron chi connectivity index (χ4n) is 4.24. The van der Waals surface area contributed by atoms with Crippen molar-refractivity contribution in [1.29, 1.82) is 0 Å². The molecule has 0 atom stereocenters. The van der Waals surface area contributed by atoms with Crippen molar-refractivity contribution in [2.75, 3.05) is 6.26 Å². The minimum Gasteiger partial charge on any atom is -0.256 e. The first kappa shape index (κ1) is 24.1. The second-order valence-electron chi connectivity index (χ2n) is 9.12. The standard InChI is InChI=1S/C30H26N2O2S2/c1-20(2)25-18-24-8-5-13-31-29(24)27(19-25)23-7-4-6-21(16-23)17-28(30-32-14-15-35-30)22-9-11-26(12-10-22)36(3,33)34/h4-20H,1-3H3/b28-17-. The largest absolute Gasteiger partial charge is 0.256 e. The normalized spacial score (nSPS) is 12.4. The highest BCUT2D eigenvalue weighted by atomic mass is 32.2. The fraction of sp³-hybridized carbons (Fsp3) is 0.133. The molecule has 0 bridgehead atoms. The van der Waals surface area contributed by atoms with Gasteiger partial charge >= 0.3 is 0 Å². The minimum atomic E-state index is -3.26. The van der Waals surface area contributed by atoms with Crippen LogP contribution in [0.5, 0.6) is 0 Å². The van der Waals surface area contributed by atoms with Gasteiger partial charge in [0, 0.05) is 40.6 Å². The van der Waals surface area contributed by atoms with Crippen molar-refractivity contribution in [2.24, 2.45) is 0 Å². The molecule has 0 radical (unpaired) electrons. The van der Waals surface area contributed by atoms with Crippen LogP contribution < -0.4 is 0 Å². The molecule has 4 nitrogen and oxygen atoms in total. The highest BCUT2D eigenvalue weighted by Crippen LogP contribution is 2.33. The maximum absolute atomic E-state index is 11.9. The predicted octanol–water partition coefficient (Wildman–Crippen LogP) is 7.47. The van der Waals surface area contributed by atoms with Crippen LogP contribution >= 0.6 is 11.3 Å².